The number of hydrogen-bond acceptors (Lipinski definition) is 10. The summed E-state index contributed by atoms with van der Waals surface area (Å²) in [5.41, 5.74) is 0. The number of rotatable bonds is 6. The molecule has 0 aliphatic carbocycles. The second-order valence-corrected chi connectivity index (χ2v) is 6.45. The van der Waals surface area contributed by atoms with Gasteiger partial charge >= 0.3 is 22.1 Å². The van der Waals surface area contributed by atoms with Crippen LogP contribution in [-0.2, 0) is 33.5 Å². The van der Waals surface area contributed by atoms with E-state index in [2.05, 4.69) is 18.9 Å². The summed E-state index contributed by atoms with van der Waals surface area (Å²) in [7, 11) is -0.564. The molecule has 0 aliphatic heterocycles. The first-order valence-corrected chi connectivity index (χ1v) is 8.67. The molecule has 0 fully saturated rings. The van der Waals surface area contributed by atoms with Crippen LogP contribution >= 0.6 is 11.8 Å². The molecular weight excluding hydrogens is 362 g/mol. The Morgan fingerprint density at radius 2 is 1.71 bits per heavy atom. The number of carbonyl (C=O) groups excluding carboxylic acids is 2. The highest BCUT2D eigenvalue weighted by molar-refractivity contribution is 8.16. The van der Waals surface area contributed by atoms with Crippen molar-refractivity contribution in [3.8, 4) is 5.75 Å². The molecule has 0 spiro atoms. The SMILES string of the molecule is COC(=O)CSC(=NOS(=O)(=O)c1ccc(OC)cc1)C(=O)OC. The Balaban J connectivity index is 2.92. The molecule has 132 valence electrons. The van der Waals surface area contributed by atoms with Gasteiger partial charge in [0.25, 0.3) is 0 Å². The van der Waals surface area contributed by atoms with E-state index >= 15 is 0 Å². The van der Waals surface area contributed by atoms with Crippen LogP contribution < -0.4 is 4.74 Å². The summed E-state index contributed by atoms with van der Waals surface area (Å²) in [5, 5.41) is 2.83. The summed E-state index contributed by atoms with van der Waals surface area (Å²) in [6, 6.07) is 5.35. The van der Waals surface area contributed by atoms with Crippen molar-refractivity contribution in [3.05, 3.63) is 24.3 Å². The maximum atomic E-state index is 12.0. The smallest absolute Gasteiger partial charge is 0.366 e. The molecule has 1 aromatic carbocycles. The minimum atomic E-state index is -4.25. The Morgan fingerprint density at radius 3 is 2.21 bits per heavy atom. The summed E-state index contributed by atoms with van der Waals surface area (Å²) in [6.45, 7) is 0. The van der Waals surface area contributed by atoms with E-state index in [0.717, 1.165) is 7.11 Å². The largest absolute Gasteiger partial charge is 0.497 e. The van der Waals surface area contributed by atoms with E-state index in [-0.39, 0.29) is 10.6 Å². The van der Waals surface area contributed by atoms with E-state index in [4.69, 9.17) is 4.74 Å². The van der Waals surface area contributed by atoms with Crippen molar-refractivity contribution in [2.75, 3.05) is 27.1 Å². The van der Waals surface area contributed by atoms with Gasteiger partial charge in [0.2, 0.25) is 5.04 Å². The van der Waals surface area contributed by atoms with Crippen LogP contribution in [0.5, 0.6) is 5.75 Å². The number of ether oxygens (including phenoxy) is 3. The average molecular weight is 377 g/mol. The van der Waals surface area contributed by atoms with Crippen LogP contribution in [0.2, 0.25) is 0 Å². The highest BCUT2D eigenvalue weighted by Gasteiger charge is 2.20. The third-order valence-corrected chi connectivity index (χ3v) is 4.50. The molecule has 0 amide bonds. The van der Waals surface area contributed by atoms with Gasteiger partial charge in [-0.2, -0.15) is 8.42 Å². The van der Waals surface area contributed by atoms with Gasteiger partial charge in [-0.25, -0.2) is 4.79 Å². The fourth-order valence-electron chi connectivity index (χ4n) is 1.26. The van der Waals surface area contributed by atoms with E-state index in [1.807, 2.05) is 0 Å². The molecule has 0 N–H and O–H groups in total. The van der Waals surface area contributed by atoms with E-state index in [9.17, 15) is 18.0 Å². The van der Waals surface area contributed by atoms with Crippen molar-refractivity contribution in [3.63, 3.8) is 0 Å². The van der Waals surface area contributed by atoms with Crippen molar-refractivity contribution in [1.82, 2.24) is 0 Å². The molecule has 0 saturated carbocycles. The van der Waals surface area contributed by atoms with Crippen molar-refractivity contribution < 1.29 is 36.5 Å². The monoisotopic (exact) mass is 377 g/mol. The summed E-state index contributed by atoms with van der Waals surface area (Å²) >= 11 is 0.620. The fourth-order valence-corrected chi connectivity index (χ4v) is 2.70. The molecule has 0 aromatic heterocycles. The maximum absolute atomic E-state index is 12.0. The zero-order valence-electron chi connectivity index (χ0n) is 13.0. The molecular formula is C13H15NO8S2. The van der Waals surface area contributed by atoms with Gasteiger partial charge in [-0.3, -0.25) is 9.08 Å². The molecule has 1 aromatic rings. The number of thioether (sulfide) groups is 1. The van der Waals surface area contributed by atoms with Crippen molar-refractivity contribution in [2.24, 2.45) is 5.16 Å². The van der Waals surface area contributed by atoms with E-state index < -0.39 is 27.1 Å². The predicted octanol–water partition coefficient (Wildman–Crippen LogP) is 0.793. The van der Waals surface area contributed by atoms with Gasteiger partial charge in [0.1, 0.15) is 10.6 Å². The number of benzene rings is 1. The minimum absolute atomic E-state index is 0.186. The minimum Gasteiger partial charge on any atom is -0.497 e. The normalized spacial score (nSPS) is 11.5. The highest BCUT2D eigenvalue weighted by Crippen LogP contribution is 2.18. The summed E-state index contributed by atoms with van der Waals surface area (Å²) in [5.74, 6) is -1.39. The van der Waals surface area contributed by atoms with Crippen LogP contribution in [0.25, 0.3) is 0 Å². The first-order chi connectivity index (χ1) is 11.3. The van der Waals surface area contributed by atoms with Gasteiger partial charge < -0.3 is 14.2 Å². The Hall–Kier alpha value is -2.27. The van der Waals surface area contributed by atoms with Crippen molar-refractivity contribution in [1.29, 1.82) is 0 Å². The summed E-state index contributed by atoms with van der Waals surface area (Å²) in [4.78, 5) is 22.4. The quantitative estimate of drug-likeness (QED) is 0.307. The zero-order valence-corrected chi connectivity index (χ0v) is 14.7. The Labute approximate surface area is 143 Å². The van der Waals surface area contributed by atoms with Crippen LogP contribution in [0.3, 0.4) is 0 Å². The summed E-state index contributed by atoms with van der Waals surface area (Å²) < 4.78 is 42.3. The number of hydrogen-bond donors (Lipinski definition) is 0. The topological polar surface area (TPSA) is 118 Å². The lowest BCUT2D eigenvalue weighted by molar-refractivity contribution is -0.137. The third-order valence-electron chi connectivity index (χ3n) is 2.48. The van der Waals surface area contributed by atoms with Gasteiger partial charge in [0.05, 0.1) is 27.1 Å². The molecule has 0 unspecified atom stereocenters. The number of nitrogens with zero attached hydrogens (tertiary/aromatic N) is 1. The third kappa shape index (κ3) is 5.74. The van der Waals surface area contributed by atoms with E-state index in [1.165, 1.54) is 38.5 Å². The van der Waals surface area contributed by atoms with Crippen LogP contribution in [0.4, 0.5) is 0 Å². The molecule has 1 rings (SSSR count). The van der Waals surface area contributed by atoms with Gasteiger partial charge in [-0.1, -0.05) is 16.9 Å². The standard InChI is InChI=1S/C13H15NO8S2/c1-19-9-4-6-10(7-5-9)24(17,18)22-14-12(13(16)21-3)23-8-11(15)20-2/h4-7H,8H2,1-3H3. The molecule has 9 nitrogen and oxygen atoms in total. The zero-order chi connectivity index (χ0) is 18.2. The number of carbonyl (C=O) groups is 2. The second-order valence-electron chi connectivity index (χ2n) is 3.96. The molecule has 0 atom stereocenters. The molecule has 0 aliphatic rings. The molecule has 0 heterocycles. The average Bonchev–Trinajstić information content (AvgIpc) is 2.60. The first kappa shape index (κ1) is 19.8. The number of esters is 2. The van der Waals surface area contributed by atoms with Gasteiger partial charge in [0.15, 0.2) is 0 Å². The first-order valence-electron chi connectivity index (χ1n) is 6.27. The van der Waals surface area contributed by atoms with Crippen molar-refractivity contribution in [2.45, 2.75) is 4.90 Å². The lowest BCUT2D eigenvalue weighted by Gasteiger charge is -2.05. The molecule has 0 saturated heterocycles. The van der Waals surface area contributed by atoms with Crippen LogP contribution in [-0.4, -0.2) is 52.5 Å². The van der Waals surface area contributed by atoms with Crippen LogP contribution in [0, 0.1) is 0 Å². The van der Waals surface area contributed by atoms with E-state index in [1.54, 1.807) is 0 Å². The van der Waals surface area contributed by atoms with Crippen LogP contribution in [0.1, 0.15) is 0 Å². The van der Waals surface area contributed by atoms with Crippen molar-refractivity contribution >= 4 is 38.9 Å². The van der Waals surface area contributed by atoms with E-state index in [0.29, 0.717) is 17.5 Å². The molecule has 0 radical (unpaired) electrons. The lowest BCUT2D eigenvalue weighted by Crippen LogP contribution is -2.17. The summed E-state index contributed by atoms with van der Waals surface area (Å²) in [6.07, 6.45) is 0. The number of methoxy groups -OCH3 is 3. The molecule has 24 heavy (non-hydrogen) atoms. The van der Waals surface area contributed by atoms with Gasteiger partial charge in [-0.05, 0) is 24.3 Å². The van der Waals surface area contributed by atoms with Gasteiger partial charge in [-0.15, -0.1) is 0 Å². The molecule has 0 bridgehead atoms. The maximum Gasteiger partial charge on any atom is 0.366 e. The van der Waals surface area contributed by atoms with Crippen LogP contribution in [0.15, 0.2) is 34.3 Å². The predicted molar refractivity (Wildman–Crippen MR) is 85.2 cm³/mol. The Morgan fingerprint density at radius 1 is 1.08 bits per heavy atom. The lowest BCUT2D eigenvalue weighted by atomic mass is 10.3. The molecule has 11 heteroatoms. The highest BCUT2D eigenvalue weighted by atomic mass is 32.2. The second kappa shape index (κ2) is 9.13. The Kier molecular flexibility index (Phi) is 7.52. The number of oxime groups is 1. The Bertz CT molecular complexity index is 712. The van der Waals surface area contributed by atoms with Gasteiger partial charge in [0, 0.05) is 0 Å². The fraction of sp³-hybridized carbons (Fsp3) is 0.308.